The first-order valence-electron chi connectivity index (χ1n) is 7.99. The van der Waals surface area contributed by atoms with Crippen molar-refractivity contribution in [1.29, 1.82) is 0 Å². The first-order valence-corrected chi connectivity index (χ1v) is 7.99. The minimum atomic E-state index is -2.99. The third kappa shape index (κ3) is 2.79. The van der Waals surface area contributed by atoms with Crippen molar-refractivity contribution in [3.63, 3.8) is 0 Å². The van der Waals surface area contributed by atoms with E-state index in [1.165, 1.54) is 0 Å². The number of pyridine rings is 1. The molecule has 1 N–H and O–H groups in total. The number of rotatable bonds is 5. The topological polar surface area (TPSA) is 42.0 Å². The summed E-state index contributed by atoms with van der Waals surface area (Å²) in [5, 5.41) is 2.70. The first-order chi connectivity index (χ1) is 11.4. The summed E-state index contributed by atoms with van der Waals surface area (Å²) in [6.45, 7) is 4.10. The summed E-state index contributed by atoms with van der Waals surface area (Å²) in [5.74, 6) is -3.58. The molecule has 3 rings (SSSR count). The highest BCUT2D eigenvalue weighted by molar-refractivity contribution is 5.93. The lowest BCUT2D eigenvalue weighted by molar-refractivity contribution is -0.126. The van der Waals surface area contributed by atoms with E-state index in [0.717, 1.165) is 16.7 Å². The molecule has 1 fully saturated rings. The third-order valence-corrected chi connectivity index (χ3v) is 4.70. The van der Waals surface area contributed by atoms with Crippen LogP contribution in [0.2, 0.25) is 0 Å². The number of nitrogens with zero attached hydrogens (tertiary/aromatic N) is 1. The van der Waals surface area contributed by atoms with Crippen LogP contribution in [-0.2, 0) is 16.6 Å². The highest BCUT2D eigenvalue weighted by Crippen LogP contribution is 2.61. The monoisotopic (exact) mass is 330 g/mol. The molecular weight excluding hydrogens is 310 g/mol. The SMILES string of the molecule is Cc1cccc(C2(C(=O)NCCc3ccncc3C)CC2(F)F)c1. The summed E-state index contributed by atoms with van der Waals surface area (Å²) in [6, 6.07) is 8.72. The molecule has 1 amide bonds. The number of alkyl halides is 2. The lowest BCUT2D eigenvalue weighted by Crippen LogP contribution is -2.39. The maximum Gasteiger partial charge on any atom is 0.268 e. The van der Waals surface area contributed by atoms with Gasteiger partial charge in [0.2, 0.25) is 5.91 Å². The Kier molecular flexibility index (Phi) is 4.11. The lowest BCUT2D eigenvalue weighted by Gasteiger charge is -2.17. The molecule has 0 aliphatic heterocycles. The molecule has 1 aliphatic rings. The van der Waals surface area contributed by atoms with E-state index in [9.17, 15) is 13.6 Å². The Balaban J connectivity index is 1.72. The lowest BCUT2D eigenvalue weighted by atomic mass is 9.92. The Labute approximate surface area is 140 Å². The standard InChI is InChI=1S/C19H20F2N2O/c1-13-4-3-5-16(10-13)18(12-19(18,20)21)17(24)23-9-7-15-6-8-22-11-14(15)2/h3-6,8,10-11H,7,9,12H2,1-2H3,(H,23,24). The highest BCUT2D eigenvalue weighted by Gasteiger charge is 2.76. The smallest absolute Gasteiger partial charge is 0.268 e. The van der Waals surface area contributed by atoms with E-state index in [1.54, 1.807) is 30.6 Å². The van der Waals surface area contributed by atoms with E-state index in [2.05, 4.69) is 10.3 Å². The molecule has 1 saturated carbocycles. The van der Waals surface area contributed by atoms with Gasteiger partial charge < -0.3 is 5.32 Å². The number of amides is 1. The number of benzene rings is 1. The molecule has 1 unspecified atom stereocenters. The normalized spacial score (nSPS) is 21.3. The summed E-state index contributed by atoms with van der Waals surface area (Å²) >= 11 is 0. The number of carbonyl (C=O) groups excluding carboxylic acids is 1. The van der Waals surface area contributed by atoms with Crippen LogP contribution in [-0.4, -0.2) is 23.4 Å². The van der Waals surface area contributed by atoms with E-state index in [1.807, 2.05) is 26.0 Å². The Morgan fingerprint density at radius 1 is 1.29 bits per heavy atom. The van der Waals surface area contributed by atoms with Gasteiger partial charge in [0, 0.05) is 25.4 Å². The quantitative estimate of drug-likeness (QED) is 0.914. The summed E-state index contributed by atoms with van der Waals surface area (Å²) in [5.41, 5.74) is 1.63. The van der Waals surface area contributed by atoms with Gasteiger partial charge in [0.05, 0.1) is 0 Å². The van der Waals surface area contributed by atoms with Crippen LogP contribution >= 0.6 is 0 Å². The Morgan fingerprint density at radius 2 is 2.04 bits per heavy atom. The summed E-state index contributed by atoms with van der Waals surface area (Å²) in [6.07, 6.45) is 3.60. The van der Waals surface area contributed by atoms with Crippen molar-refractivity contribution in [3.8, 4) is 0 Å². The Morgan fingerprint density at radius 3 is 2.67 bits per heavy atom. The number of hydrogen-bond acceptors (Lipinski definition) is 2. The average Bonchev–Trinajstić information content (AvgIpc) is 3.13. The molecule has 126 valence electrons. The Hall–Kier alpha value is -2.30. The van der Waals surface area contributed by atoms with Crippen LogP contribution in [0, 0.1) is 13.8 Å². The van der Waals surface area contributed by atoms with Gasteiger partial charge in [-0.15, -0.1) is 0 Å². The zero-order valence-corrected chi connectivity index (χ0v) is 13.8. The van der Waals surface area contributed by atoms with Gasteiger partial charge in [-0.3, -0.25) is 9.78 Å². The van der Waals surface area contributed by atoms with Crippen molar-refractivity contribution >= 4 is 5.91 Å². The molecule has 1 heterocycles. The molecule has 3 nitrogen and oxygen atoms in total. The summed E-state index contributed by atoms with van der Waals surface area (Å²) in [4.78, 5) is 16.5. The molecule has 1 aliphatic carbocycles. The minimum absolute atomic E-state index is 0.327. The molecule has 0 saturated heterocycles. The number of halogens is 2. The van der Waals surface area contributed by atoms with Gasteiger partial charge in [-0.2, -0.15) is 0 Å². The van der Waals surface area contributed by atoms with Crippen LogP contribution in [0.4, 0.5) is 8.78 Å². The minimum Gasteiger partial charge on any atom is -0.355 e. The van der Waals surface area contributed by atoms with Crippen LogP contribution in [0.1, 0.15) is 28.7 Å². The molecule has 1 aromatic heterocycles. The fraction of sp³-hybridized carbons (Fsp3) is 0.368. The van der Waals surface area contributed by atoms with Crippen LogP contribution in [0.25, 0.3) is 0 Å². The van der Waals surface area contributed by atoms with Crippen LogP contribution in [0.5, 0.6) is 0 Å². The first kappa shape index (κ1) is 16.6. The summed E-state index contributed by atoms with van der Waals surface area (Å²) in [7, 11) is 0. The fourth-order valence-corrected chi connectivity index (χ4v) is 3.13. The van der Waals surface area contributed by atoms with Gasteiger partial charge >= 0.3 is 0 Å². The number of aromatic nitrogens is 1. The fourth-order valence-electron chi connectivity index (χ4n) is 3.13. The van der Waals surface area contributed by atoms with Gasteiger partial charge in [-0.1, -0.05) is 29.8 Å². The van der Waals surface area contributed by atoms with Crippen LogP contribution in [0.3, 0.4) is 0 Å². The van der Waals surface area contributed by atoms with Crippen molar-refractivity contribution in [2.75, 3.05) is 6.54 Å². The van der Waals surface area contributed by atoms with Gasteiger partial charge in [-0.25, -0.2) is 8.78 Å². The maximum absolute atomic E-state index is 14.1. The second-order valence-electron chi connectivity index (χ2n) is 6.46. The molecule has 0 radical (unpaired) electrons. The van der Waals surface area contributed by atoms with E-state index >= 15 is 0 Å². The number of nitrogens with one attached hydrogen (secondary N) is 1. The zero-order chi connectivity index (χ0) is 17.4. The van der Waals surface area contributed by atoms with Crippen molar-refractivity contribution in [2.45, 2.75) is 38.0 Å². The van der Waals surface area contributed by atoms with Gasteiger partial charge in [-0.05, 0) is 43.0 Å². The number of aryl methyl sites for hydroxylation is 2. The zero-order valence-electron chi connectivity index (χ0n) is 13.8. The predicted octanol–water partition coefficient (Wildman–Crippen LogP) is 3.33. The van der Waals surface area contributed by atoms with E-state index in [0.29, 0.717) is 18.5 Å². The van der Waals surface area contributed by atoms with Crippen LogP contribution in [0.15, 0.2) is 42.7 Å². The molecule has 0 spiro atoms. The maximum atomic E-state index is 14.1. The molecule has 0 bridgehead atoms. The number of hydrogen-bond donors (Lipinski definition) is 1. The van der Waals surface area contributed by atoms with E-state index in [-0.39, 0.29) is 0 Å². The van der Waals surface area contributed by atoms with Crippen molar-refractivity contribution in [3.05, 3.63) is 65.0 Å². The van der Waals surface area contributed by atoms with Gasteiger partial charge in [0.15, 0.2) is 0 Å². The summed E-state index contributed by atoms with van der Waals surface area (Å²) < 4.78 is 28.1. The molecule has 2 aromatic rings. The predicted molar refractivity (Wildman–Crippen MR) is 88.1 cm³/mol. The van der Waals surface area contributed by atoms with Gasteiger partial charge in [0.1, 0.15) is 5.41 Å². The largest absolute Gasteiger partial charge is 0.355 e. The van der Waals surface area contributed by atoms with E-state index in [4.69, 9.17) is 0 Å². The third-order valence-electron chi connectivity index (χ3n) is 4.70. The molecular formula is C19H20F2N2O. The Bertz CT molecular complexity index is 775. The number of carbonyl (C=O) groups is 1. The highest BCUT2D eigenvalue weighted by atomic mass is 19.3. The second kappa shape index (κ2) is 5.96. The molecule has 24 heavy (non-hydrogen) atoms. The van der Waals surface area contributed by atoms with Crippen LogP contribution < -0.4 is 5.32 Å². The molecule has 1 aromatic carbocycles. The van der Waals surface area contributed by atoms with Crippen molar-refractivity contribution in [1.82, 2.24) is 10.3 Å². The molecule has 5 heteroatoms. The average molecular weight is 330 g/mol. The van der Waals surface area contributed by atoms with E-state index < -0.39 is 23.7 Å². The van der Waals surface area contributed by atoms with Gasteiger partial charge in [0.25, 0.3) is 5.92 Å². The second-order valence-corrected chi connectivity index (χ2v) is 6.46. The molecule has 1 atom stereocenters. The van der Waals surface area contributed by atoms with Crippen molar-refractivity contribution < 1.29 is 13.6 Å². The van der Waals surface area contributed by atoms with Crippen molar-refractivity contribution in [2.24, 2.45) is 0 Å².